The van der Waals surface area contributed by atoms with Crippen LogP contribution in [0.4, 0.5) is 14.9 Å². The number of carbonyl (C=O) groups excluding carboxylic acids is 2. The SMILES string of the molecule is CC(C)NC(=O)Nc1ccc2c(c1)C(=O)N([C@@H](C)CO)C[C@H](C)[C@@H](CN(C)S(=O)(=O)c1ccc(F)cc1)O2. The van der Waals surface area contributed by atoms with E-state index in [-0.39, 0.29) is 53.8 Å². The molecule has 0 spiro atoms. The summed E-state index contributed by atoms with van der Waals surface area (Å²) in [4.78, 5) is 27.2. The van der Waals surface area contributed by atoms with Crippen molar-refractivity contribution >= 4 is 27.6 Å². The van der Waals surface area contributed by atoms with Crippen LogP contribution in [0, 0.1) is 11.7 Å². The highest BCUT2D eigenvalue weighted by Gasteiger charge is 2.35. The second-order valence-electron chi connectivity index (χ2n) is 9.83. The lowest BCUT2D eigenvalue weighted by Crippen LogP contribution is -2.50. The van der Waals surface area contributed by atoms with Gasteiger partial charge in [-0.25, -0.2) is 17.6 Å². The van der Waals surface area contributed by atoms with E-state index >= 15 is 0 Å². The molecule has 0 fully saturated rings. The number of nitrogens with one attached hydrogen (secondary N) is 2. The smallest absolute Gasteiger partial charge is 0.319 e. The number of halogens is 1. The van der Waals surface area contributed by atoms with Crippen LogP contribution in [0.1, 0.15) is 38.1 Å². The zero-order chi connectivity index (χ0) is 28.2. The largest absolute Gasteiger partial charge is 0.488 e. The van der Waals surface area contributed by atoms with Gasteiger partial charge >= 0.3 is 6.03 Å². The summed E-state index contributed by atoms with van der Waals surface area (Å²) in [6.45, 7) is 7.07. The molecule has 1 heterocycles. The van der Waals surface area contributed by atoms with Gasteiger partial charge in [0, 0.05) is 31.2 Å². The summed E-state index contributed by atoms with van der Waals surface area (Å²) in [5.74, 6) is -1.02. The number of anilines is 1. The third-order valence-corrected chi connectivity index (χ3v) is 8.14. The monoisotopic (exact) mass is 550 g/mol. The number of aliphatic hydroxyl groups is 1. The summed E-state index contributed by atoms with van der Waals surface area (Å²) >= 11 is 0. The molecule has 10 nitrogen and oxygen atoms in total. The second-order valence-corrected chi connectivity index (χ2v) is 11.9. The van der Waals surface area contributed by atoms with Crippen LogP contribution in [0.15, 0.2) is 47.4 Å². The van der Waals surface area contributed by atoms with E-state index in [2.05, 4.69) is 10.6 Å². The van der Waals surface area contributed by atoms with Gasteiger partial charge < -0.3 is 25.4 Å². The van der Waals surface area contributed by atoms with Crippen molar-refractivity contribution in [1.29, 1.82) is 0 Å². The van der Waals surface area contributed by atoms with Crippen LogP contribution in [0.25, 0.3) is 0 Å². The Morgan fingerprint density at radius 1 is 1.21 bits per heavy atom. The minimum Gasteiger partial charge on any atom is -0.488 e. The van der Waals surface area contributed by atoms with Gasteiger partial charge in [0.05, 0.1) is 29.7 Å². The first-order valence-corrected chi connectivity index (χ1v) is 13.8. The molecule has 0 aliphatic carbocycles. The number of nitrogens with zero attached hydrogens (tertiary/aromatic N) is 2. The molecular formula is C26H35FN4O6S. The molecule has 0 aromatic heterocycles. The zero-order valence-electron chi connectivity index (χ0n) is 22.1. The fourth-order valence-corrected chi connectivity index (χ4v) is 5.27. The fourth-order valence-electron chi connectivity index (χ4n) is 4.09. The first-order valence-electron chi connectivity index (χ1n) is 12.4. The average molecular weight is 551 g/mol. The predicted octanol–water partition coefficient (Wildman–Crippen LogP) is 2.90. The van der Waals surface area contributed by atoms with E-state index in [1.165, 1.54) is 30.1 Å². The molecule has 2 aromatic carbocycles. The minimum atomic E-state index is -3.94. The van der Waals surface area contributed by atoms with Crippen LogP contribution in [0.5, 0.6) is 5.75 Å². The first-order chi connectivity index (χ1) is 17.8. The number of benzene rings is 2. The van der Waals surface area contributed by atoms with Gasteiger partial charge in [0.25, 0.3) is 5.91 Å². The van der Waals surface area contributed by atoms with Crippen LogP contribution in [-0.4, -0.2) is 79.6 Å². The summed E-state index contributed by atoms with van der Waals surface area (Å²) in [6.07, 6.45) is -0.668. The highest BCUT2D eigenvalue weighted by Crippen LogP contribution is 2.31. The average Bonchev–Trinajstić information content (AvgIpc) is 2.85. The van der Waals surface area contributed by atoms with Crippen molar-refractivity contribution in [3.05, 3.63) is 53.8 Å². The number of ether oxygens (including phenoxy) is 1. The lowest BCUT2D eigenvalue weighted by Gasteiger charge is -2.38. The molecular weight excluding hydrogens is 515 g/mol. The third kappa shape index (κ3) is 6.80. The second kappa shape index (κ2) is 12.1. The van der Waals surface area contributed by atoms with Crippen molar-refractivity contribution in [2.45, 2.75) is 50.8 Å². The standard InChI is InChI=1S/C26H35FN4O6S/c1-16(2)28-26(34)29-20-8-11-23-22(12-20)25(33)31(18(4)15-32)13-17(3)24(37-23)14-30(5)38(35,36)21-9-6-19(27)7-10-21/h6-12,16-18,24,32H,13-15H2,1-5H3,(H2,28,29,34)/t17-,18-,24+/m0/s1. The summed E-state index contributed by atoms with van der Waals surface area (Å²) in [5.41, 5.74) is 0.547. The minimum absolute atomic E-state index is 0.0490. The molecule has 0 unspecified atom stereocenters. The van der Waals surface area contributed by atoms with E-state index in [9.17, 15) is 27.5 Å². The van der Waals surface area contributed by atoms with Gasteiger partial charge in [-0.15, -0.1) is 0 Å². The van der Waals surface area contributed by atoms with Crippen molar-refractivity contribution in [3.8, 4) is 5.75 Å². The van der Waals surface area contributed by atoms with Gasteiger partial charge in [-0.05, 0) is 63.2 Å². The number of aliphatic hydroxyl groups excluding tert-OH is 1. The molecule has 3 N–H and O–H groups in total. The number of rotatable bonds is 8. The van der Waals surface area contributed by atoms with Crippen molar-refractivity contribution in [1.82, 2.24) is 14.5 Å². The van der Waals surface area contributed by atoms with Crippen LogP contribution in [0.2, 0.25) is 0 Å². The number of likely N-dealkylation sites (N-methyl/N-ethyl adjacent to an activating group) is 1. The van der Waals surface area contributed by atoms with Crippen molar-refractivity contribution in [3.63, 3.8) is 0 Å². The molecule has 0 saturated carbocycles. The topological polar surface area (TPSA) is 128 Å². The molecule has 0 bridgehead atoms. The number of sulfonamides is 1. The van der Waals surface area contributed by atoms with E-state index < -0.39 is 34.0 Å². The van der Waals surface area contributed by atoms with Gasteiger partial charge in [0.1, 0.15) is 17.7 Å². The molecule has 1 aliphatic heterocycles. The van der Waals surface area contributed by atoms with Crippen molar-refractivity contribution in [2.75, 3.05) is 32.1 Å². The first kappa shape index (κ1) is 29.3. The van der Waals surface area contributed by atoms with Gasteiger partial charge in [-0.3, -0.25) is 4.79 Å². The molecule has 208 valence electrons. The maximum absolute atomic E-state index is 13.5. The number of urea groups is 1. The molecule has 3 amide bonds. The third-order valence-electron chi connectivity index (χ3n) is 6.30. The number of fused-ring (bicyclic) bond motifs is 1. The van der Waals surface area contributed by atoms with Crippen molar-refractivity contribution in [2.24, 2.45) is 5.92 Å². The molecule has 0 saturated heterocycles. The van der Waals surface area contributed by atoms with Crippen LogP contribution < -0.4 is 15.4 Å². The molecule has 0 radical (unpaired) electrons. The Morgan fingerprint density at radius 2 is 1.87 bits per heavy atom. The van der Waals surface area contributed by atoms with Crippen LogP contribution in [0.3, 0.4) is 0 Å². The van der Waals surface area contributed by atoms with Crippen LogP contribution >= 0.6 is 0 Å². The predicted molar refractivity (Wildman–Crippen MR) is 141 cm³/mol. The van der Waals surface area contributed by atoms with E-state index in [1.807, 2.05) is 20.8 Å². The summed E-state index contributed by atoms with van der Waals surface area (Å²) < 4.78 is 46.9. The summed E-state index contributed by atoms with van der Waals surface area (Å²) in [5, 5.41) is 15.2. The molecule has 38 heavy (non-hydrogen) atoms. The van der Waals surface area contributed by atoms with E-state index in [0.29, 0.717) is 5.69 Å². The van der Waals surface area contributed by atoms with Gasteiger partial charge in [0.2, 0.25) is 10.0 Å². The van der Waals surface area contributed by atoms with Gasteiger partial charge in [0.15, 0.2) is 0 Å². The summed E-state index contributed by atoms with van der Waals surface area (Å²) in [6, 6.07) is 8.18. The van der Waals surface area contributed by atoms with E-state index in [4.69, 9.17) is 4.74 Å². The van der Waals surface area contributed by atoms with Gasteiger partial charge in [-0.2, -0.15) is 4.31 Å². The molecule has 1 aliphatic rings. The highest BCUT2D eigenvalue weighted by molar-refractivity contribution is 7.89. The Hall–Kier alpha value is -3.22. The summed E-state index contributed by atoms with van der Waals surface area (Å²) in [7, 11) is -2.53. The van der Waals surface area contributed by atoms with Crippen LogP contribution in [-0.2, 0) is 10.0 Å². The lowest BCUT2D eigenvalue weighted by atomic mass is 9.99. The van der Waals surface area contributed by atoms with Gasteiger partial charge in [-0.1, -0.05) is 6.92 Å². The highest BCUT2D eigenvalue weighted by atomic mass is 32.2. The lowest BCUT2D eigenvalue weighted by molar-refractivity contribution is 0.0387. The normalized spacial score (nSPS) is 18.9. The number of amides is 3. The Bertz CT molecular complexity index is 1250. The fraction of sp³-hybridized carbons (Fsp3) is 0.462. The Labute approximate surface area is 222 Å². The van der Waals surface area contributed by atoms with E-state index in [1.54, 1.807) is 19.1 Å². The van der Waals surface area contributed by atoms with Crippen molar-refractivity contribution < 1.29 is 32.2 Å². The Morgan fingerprint density at radius 3 is 2.47 bits per heavy atom. The Balaban J connectivity index is 1.94. The molecule has 2 aromatic rings. The maximum Gasteiger partial charge on any atom is 0.319 e. The quantitative estimate of drug-likeness (QED) is 0.464. The molecule has 3 rings (SSSR count). The van der Waals surface area contributed by atoms with E-state index in [0.717, 1.165) is 16.4 Å². The molecule has 12 heteroatoms. The maximum atomic E-state index is 13.5. The number of carbonyl (C=O) groups is 2. The molecule has 3 atom stereocenters. The number of hydrogen-bond donors (Lipinski definition) is 3. The Kier molecular flexibility index (Phi) is 9.34. The zero-order valence-corrected chi connectivity index (χ0v) is 23.0. The number of hydrogen-bond acceptors (Lipinski definition) is 6.